The van der Waals surface area contributed by atoms with Crippen molar-refractivity contribution in [1.29, 1.82) is 0 Å². The highest BCUT2D eigenvalue weighted by molar-refractivity contribution is 5.97. The van der Waals surface area contributed by atoms with Gasteiger partial charge in [-0.2, -0.15) is 13.2 Å². The minimum atomic E-state index is -4.43. The molecule has 21 heavy (non-hydrogen) atoms. The Hall–Kier alpha value is -1.76. The van der Waals surface area contributed by atoms with Crippen LogP contribution in [0.15, 0.2) is 18.2 Å². The Morgan fingerprint density at radius 3 is 2.86 bits per heavy atom. The lowest BCUT2D eigenvalue weighted by atomic mass is 10.0. The minimum Gasteiger partial charge on any atom is -0.491 e. The molecule has 1 aliphatic heterocycles. The molecular formula is C14H17F3N2O2. The summed E-state index contributed by atoms with van der Waals surface area (Å²) in [6.07, 6.45) is -3.84. The van der Waals surface area contributed by atoms with Crippen LogP contribution in [0.25, 0.3) is 0 Å². The molecule has 1 unspecified atom stereocenters. The fourth-order valence-electron chi connectivity index (χ4n) is 2.16. The molecule has 0 aromatic heterocycles. The molecule has 1 aliphatic rings. The number of carbonyl (C=O) groups excluding carboxylic acids is 1. The van der Waals surface area contributed by atoms with Crippen LogP contribution in [0.2, 0.25) is 0 Å². The number of rotatable bonds is 4. The zero-order valence-electron chi connectivity index (χ0n) is 11.6. The third kappa shape index (κ3) is 3.66. The summed E-state index contributed by atoms with van der Waals surface area (Å²) in [6, 6.07) is 2.22. The molecule has 0 spiro atoms. The van der Waals surface area contributed by atoms with E-state index in [-0.39, 0.29) is 17.7 Å². The fourth-order valence-corrected chi connectivity index (χ4v) is 2.16. The number of nitrogens with one attached hydrogen (secondary N) is 2. The molecule has 0 fully saturated rings. The predicted molar refractivity (Wildman–Crippen MR) is 71.4 cm³/mol. The summed E-state index contributed by atoms with van der Waals surface area (Å²) >= 11 is 0. The second-order valence-corrected chi connectivity index (χ2v) is 4.79. The van der Waals surface area contributed by atoms with E-state index >= 15 is 0 Å². The van der Waals surface area contributed by atoms with Gasteiger partial charge in [0.2, 0.25) is 0 Å². The van der Waals surface area contributed by atoms with Crippen molar-refractivity contribution in [1.82, 2.24) is 10.6 Å². The normalized spacial score (nSPS) is 16.5. The molecule has 2 N–H and O–H groups in total. The summed E-state index contributed by atoms with van der Waals surface area (Å²) in [5.74, 6) is -0.106. The van der Waals surface area contributed by atoms with Crippen LogP contribution in [-0.2, 0) is 0 Å². The summed E-state index contributed by atoms with van der Waals surface area (Å²) in [6.45, 7) is 2.66. The van der Waals surface area contributed by atoms with Crippen LogP contribution < -0.4 is 15.4 Å². The number of alkyl halides is 3. The number of ether oxygens (including phenoxy) is 1. The topological polar surface area (TPSA) is 50.4 Å². The molecule has 1 heterocycles. The number of hydrogen-bond acceptors (Lipinski definition) is 3. The van der Waals surface area contributed by atoms with E-state index in [1.807, 2.05) is 0 Å². The van der Waals surface area contributed by atoms with Crippen molar-refractivity contribution in [3.8, 4) is 5.75 Å². The van der Waals surface area contributed by atoms with E-state index in [0.717, 1.165) is 0 Å². The number of benzene rings is 1. The van der Waals surface area contributed by atoms with Gasteiger partial charge < -0.3 is 15.4 Å². The Labute approximate surface area is 120 Å². The van der Waals surface area contributed by atoms with Crippen molar-refractivity contribution in [3.05, 3.63) is 29.3 Å². The molecule has 7 heteroatoms. The van der Waals surface area contributed by atoms with Crippen molar-refractivity contribution in [2.45, 2.75) is 25.6 Å². The average molecular weight is 302 g/mol. The Balaban J connectivity index is 2.36. The van der Waals surface area contributed by atoms with E-state index in [1.54, 1.807) is 6.92 Å². The largest absolute Gasteiger partial charge is 0.491 e. The molecule has 1 aromatic rings. The Morgan fingerprint density at radius 2 is 2.19 bits per heavy atom. The monoisotopic (exact) mass is 302 g/mol. The van der Waals surface area contributed by atoms with Crippen LogP contribution in [0.1, 0.15) is 35.3 Å². The SMILES string of the molecule is CCCNC(c1ccc2c(c1)C(=O)NCCO2)C(F)(F)F. The maximum atomic E-state index is 13.1. The number of hydrogen-bond donors (Lipinski definition) is 2. The van der Waals surface area contributed by atoms with Crippen LogP contribution >= 0.6 is 0 Å². The number of amides is 1. The number of carbonyl (C=O) groups is 1. The van der Waals surface area contributed by atoms with Crippen LogP contribution in [0, 0.1) is 0 Å². The maximum Gasteiger partial charge on any atom is 0.407 e. The molecular weight excluding hydrogens is 285 g/mol. The van der Waals surface area contributed by atoms with Gasteiger partial charge in [-0.15, -0.1) is 0 Å². The summed E-state index contributed by atoms with van der Waals surface area (Å²) in [5, 5.41) is 5.05. The molecule has 0 saturated heterocycles. The zero-order valence-corrected chi connectivity index (χ0v) is 11.6. The molecule has 4 nitrogen and oxygen atoms in total. The summed E-state index contributed by atoms with van der Waals surface area (Å²) in [7, 11) is 0. The van der Waals surface area contributed by atoms with Gasteiger partial charge in [-0.3, -0.25) is 4.79 Å². The first kappa shape index (κ1) is 15.6. The van der Waals surface area contributed by atoms with E-state index in [0.29, 0.717) is 25.3 Å². The lowest BCUT2D eigenvalue weighted by Crippen LogP contribution is -2.34. The van der Waals surface area contributed by atoms with Crippen molar-refractivity contribution >= 4 is 5.91 Å². The number of fused-ring (bicyclic) bond motifs is 1. The predicted octanol–water partition coefficient (Wildman–Crippen LogP) is 2.41. The van der Waals surface area contributed by atoms with Gasteiger partial charge in [0.1, 0.15) is 18.4 Å². The quantitative estimate of drug-likeness (QED) is 0.898. The Kier molecular flexibility index (Phi) is 4.72. The first-order valence-electron chi connectivity index (χ1n) is 6.78. The molecule has 2 rings (SSSR count). The molecule has 0 radical (unpaired) electrons. The van der Waals surface area contributed by atoms with Gasteiger partial charge in [0, 0.05) is 0 Å². The Bertz CT molecular complexity index is 517. The third-order valence-electron chi connectivity index (χ3n) is 3.15. The van der Waals surface area contributed by atoms with E-state index in [1.165, 1.54) is 18.2 Å². The first-order chi connectivity index (χ1) is 9.93. The summed E-state index contributed by atoms with van der Waals surface area (Å²) in [5.41, 5.74) is 0.146. The van der Waals surface area contributed by atoms with Gasteiger partial charge >= 0.3 is 6.18 Å². The van der Waals surface area contributed by atoms with E-state index in [9.17, 15) is 18.0 Å². The van der Waals surface area contributed by atoms with Gasteiger partial charge in [-0.1, -0.05) is 13.0 Å². The van der Waals surface area contributed by atoms with Crippen molar-refractivity contribution < 1.29 is 22.7 Å². The molecule has 116 valence electrons. The molecule has 1 aromatic carbocycles. The second-order valence-electron chi connectivity index (χ2n) is 4.79. The summed E-state index contributed by atoms with van der Waals surface area (Å²) < 4.78 is 44.8. The summed E-state index contributed by atoms with van der Waals surface area (Å²) in [4.78, 5) is 11.9. The fraction of sp³-hybridized carbons (Fsp3) is 0.500. The smallest absolute Gasteiger partial charge is 0.407 e. The molecule has 1 amide bonds. The van der Waals surface area contributed by atoms with Crippen LogP contribution in [-0.4, -0.2) is 31.8 Å². The highest BCUT2D eigenvalue weighted by Gasteiger charge is 2.40. The zero-order chi connectivity index (χ0) is 15.5. The molecule has 0 bridgehead atoms. The standard InChI is InChI=1S/C14H17F3N2O2/c1-2-5-18-12(14(15,16)17)9-3-4-11-10(8-9)13(20)19-6-7-21-11/h3-4,8,12,18H,2,5-7H2,1H3,(H,19,20). The average Bonchev–Trinajstić information content (AvgIpc) is 2.60. The second kappa shape index (κ2) is 6.34. The first-order valence-corrected chi connectivity index (χ1v) is 6.78. The van der Waals surface area contributed by atoms with E-state index in [4.69, 9.17) is 4.74 Å². The third-order valence-corrected chi connectivity index (χ3v) is 3.15. The lowest BCUT2D eigenvalue weighted by molar-refractivity contribution is -0.157. The van der Waals surface area contributed by atoms with Gasteiger partial charge in [0.05, 0.1) is 12.1 Å². The van der Waals surface area contributed by atoms with Crippen LogP contribution in [0.5, 0.6) is 5.75 Å². The van der Waals surface area contributed by atoms with Gasteiger partial charge in [0.15, 0.2) is 0 Å². The highest BCUT2D eigenvalue weighted by Crippen LogP contribution is 2.34. The van der Waals surface area contributed by atoms with Crippen molar-refractivity contribution in [2.75, 3.05) is 19.7 Å². The van der Waals surface area contributed by atoms with E-state index < -0.39 is 18.1 Å². The van der Waals surface area contributed by atoms with Crippen LogP contribution in [0.4, 0.5) is 13.2 Å². The lowest BCUT2D eigenvalue weighted by Gasteiger charge is -2.22. The molecule has 1 atom stereocenters. The minimum absolute atomic E-state index is 0.00958. The molecule has 0 aliphatic carbocycles. The van der Waals surface area contributed by atoms with Gasteiger partial charge in [-0.25, -0.2) is 0 Å². The van der Waals surface area contributed by atoms with Gasteiger partial charge in [-0.05, 0) is 30.7 Å². The number of halogens is 3. The highest BCUT2D eigenvalue weighted by atomic mass is 19.4. The van der Waals surface area contributed by atoms with E-state index in [2.05, 4.69) is 10.6 Å². The molecule has 0 saturated carbocycles. The maximum absolute atomic E-state index is 13.1. The van der Waals surface area contributed by atoms with Crippen molar-refractivity contribution in [2.24, 2.45) is 0 Å². The van der Waals surface area contributed by atoms with Crippen molar-refractivity contribution in [3.63, 3.8) is 0 Å². The van der Waals surface area contributed by atoms with Crippen LogP contribution in [0.3, 0.4) is 0 Å². The van der Waals surface area contributed by atoms with Gasteiger partial charge in [0.25, 0.3) is 5.91 Å². The Morgan fingerprint density at radius 1 is 1.43 bits per heavy atom.